The van der Waals surface area contributed by atoms with Crippen LogP contribution in [0.1, 0.15) is 32.0 Å². The summed E-state index contributed by atoms with van der Waals surface area (Å²) in [5.41, 5.74) is 2.46. The molecule has 0 fully saturated rings. The molecule has 8 nitrogen and oxygen atoms in total. The number of methoxy groups -OCH3 is 2. The Morgan fingerprint density at radius 3 is 2.38 bits per heavy atom. The molecule has 1 N–H and O–H groups in total. The van der Waals surface area contributed by atoms with Crippen LogP contribution in [0.5, 0.6) is 0 Å². The first-order chi connectivity index (χ1) is 16.4. The second-order valence-corrected chi connectivity index (χ2v) is 8.18. The van der Waals surface area contributed by atoms with Crippen molar-refractivity contribution >= 4 is 51.4 Å². The van der Waals surface area contributed by atoms with Crippen LogP contribution in [0.2, 0.25) is 0 Å². The third-order valence-electron chi connectivity index (χ3n) is 4.98. The fourth-order valence-electron chi connectivity index (χ4n) is 3.34. The molecular weight excluding hydrogens is 456 g/mol. The Labute approximate surface area is 198 Å². The second-order valence-electron chi connectivity index (χ2n) is 7.15. The molecule has 0 radical (unpaired) electrons. The summed E-state index contributed by atoms with van der Waals surface area (Å²) in [5.74, 6) is -1.08. The van der Waals surface area contributed by atoms with Crippen molar-refractivity contribution in [3.8, 4) is 10.6 Å². The zero-order valence-corrected chi connectivity index (χ0v) is 19.4. The molecule has 0 aliphatic heterocycles. The highest BCUT2D eigenvalue weighted by Gasteiger charge is 2.28. The van der Waals surface area contributed by atoms with Crippen molar-refractivity contribution < 1.29 is 28.3 Å². The Morgan fingerprint density at radius 2 is 1.71 bits per heavy atom. The number of anilines is 1. The van der Waals surface area contributed by atoms with Gasteiger partial charge in [0.1, 0.15) is 16.3 Å². The SMILES string of the molecule is COC(=O)c1ccc(/C=C/C(=O)Nc2oc(C)c(C(=O)OC)c2-c2nc3ccccc3s2)cc1. The van der Waals surface area contributed by atoms with Gasteiger partial charge in [-0.25, -0.2) is 14.6 Å². The minimum absolute atomic E-state index is 0.104. The van der Waals surface area contributed by atoms with Crippen LogP contribution in [-0.4, -0.2) is 37.0 Å². The van der Waals surface area contributed by atoms with E-state index >= 15 is 0 Å². The molecule has 34 heavy (non-hydrogen) atoms. The number of hydrogen-bond donors (Lipinski definition) is 1. The van der Waals surface area contributed by atoms with E-state index in [-0.39, 0.29) is 11.4 Å². The molecule has 0 spiro atoms. The van der Waals surface area contributed by atoms with Gasteiger partial charge in [-0.15, -0.1) is 11.3 Å². The van der Waals surface area contributed by atoms with Crippen LogP contribution in [0.15, 0.2) is 59.0 Å². The largest absolute Gasteiger partial charge is 0.465 e. The lowest BCUT2D eigenvalue weighted by atomic mass is 10.1. The minimum Gasteiger partial charge on any atom is -0.465 e. The van der Waals surface area contributed by atoms with Crippen molar-refractivity contribution in [2.75, 3.05) is 19.5 Å². The molecule has 2 aromatic carbocycles. The summed E-state index contributed by atoms with van der Waals surface area (Å²) in [4.78, 5) is 41.3. The van der Waals surface area contributed by atoms with E-state index in [0.29, 0.717) is 27.5 Å². The van der Waals surface area contributed by atoms with E-state index in [1.807, 2.05) is 24.3 Å². The maximum Gasteiger partial charge on any atom is 0.342 e. The predicted molar refractivity (Wildman–Crippen MR) is 129 cm³/mol. The van der Waals surface area contributed by atoms with Crippen LogP contribution < -0.4 is 5.32 Å². The molecule has 2 aromatic heterocycles. The number of fused-ring (bicyclic) bond motifs is 1. The normalized spacial score (nSPS) is 11.0. The number of aromatic nitrogens is 1. The molecule has 172 valence electrons. The highest BCUT2D eigenvalue weighted by Crippen LogP contribution is 2.40. The fraction of sp³-hybridized carbons (Fsp3) is 0.120. The lowest BCUT2D eigenvalue weighted by molar-refractivity contribution is -0.111. The van der Waals surface area contributed by atoms with Gasteiger partial charge in [0.05, 0.1) is 35.6 Å². The van der Waals surface area contributed by atoms with Crippen molar-refractivity contribution in [3.63, 3.8) is 0 Å². The Kier molecular flexibility index (Phi) is 6.55. The van der Waals surface area contributed by atoms with Gasteiger partial charge in [0.2, 0.25) is 5.88 Å². The number of nitrogens with one attached hydrogen (secondary N) is 1. The molecule has 4 rings (SSSR count). The lowest BCUT2D eigenvalue weighted by Gasteiger charge is -2.03. The molecule has 0 saturated carbocycles. The minimum atomic E-state index is -0.586. The number of carbonyl (C=O) groups is 3. The number of esters is 2. The van der Waals surface area contributed by atoms with Crippen LogP contribution in [0.4, 0.5) is 5.88 Å². The van der Waals surface area contributed by atoms with E-state index in [1.54, 1.807) is 37.3 Å². The van der Waals surface area contributed by atoms with E-state index in [4.69, 9.17) is 9.15 Å². The van der Waals surface area contributed by atoms with Gasteiger partial charge >= 0.3 is 11.9 Å². The molecule has 0 saturated heterocycles. The summed E-state index contributed by atoms with van der Waals surface area (Å²) in [5, 5.41) is 3.22. The summed E-state index contributed by atoms with van der Waals surface area (Å²) in [6.07, 6.45) is 2.91. The van der Waals surface area contributed by atoms with Crippen LogP contribution in [-0.2, 0) is 14.3 Å². The number of carbonyl (C=O) groups excluding carboxylic acids is 3. The van der Waals surface area contributed by atoms with E-state index in [2.05, 4.69) is 15.0 Å². The monoisotopic (exact) mass is 476 g/mol. The quantitative estimate of drug-likeness (QED) is 0.305. The van der Waals surface area contributed by atoms with E-state index in [0.717, 1.165) is 10.2 Å². The number of thiazole rings is 1. The number of hydrogen-bond acceptors (Lipinski definition) is 8. The van der Waals surface area contributed by atoms with E-state index in [1.165, 1.54) is 31.6 Å². The first-order valence-corrected chi connectivity index (χ1v) is 11.0. The molecule has 4 aromatic rings. The van der Waals surface area contributed by atoms with Crippen molar-refractivity contribution in [1.82, 2.24) is 4.98 Å². The van der Waals surface area contributed by atoms with Crippen molar-refractivity contribution in [2.45, 2.75) is 6.92 Å². The van der Waals surface area contributed by atoms with Crippen molar-refractivity contribution in [3.05, 3.63) is 77.1 Å². The van der Waals surface area contributed by atoms with Crippen LogP contribution >= 0.6 is 11.3 Å². The number of nitrogens with zero attached hydrogens (tertiary/aromatic N) is 1. The third kappa shape index (κ3) is 4.60. The third-order valence-corrected chi connectivity index (χ3v) is 6.03. The van der Waals surface area contributed by atoms with Crippen molar-refractivity contribution in [1.29, 1.82) is 0 Å². The Balaban J connectivity index is 1.63. The number of amides is 1. The fourth-order valence-corrected chi connectivity index (χ4v) is 4.35. The highest BCUT2D eigenvalue weighted by atomic mass is 32.1. The van der Waals surface area contributed by atoms with Gasteiger partial charge in [-0.1, -0.05) is 24.3 Å². The maximum atomic E-state index is 12.7. The molecule has 0 aliphatic rings. The maximum absolute atomic E-state index is 12.7. The number of benzene rings is 2. The summed E-state index contributed by atoms with van der Waals surface area (Å²) >= 11 is 1.38. The molecule has 1 amide bonds. The lowest BCUT2D eigenvalue weighted by Crippen LogP contribution is -2.09. The molecule has 0 atom stereocenters. The Bertz CT molecular complexity index is 1380. The average molecular weight is 477 g/mol. The Morgan fingerprint density at radius 1 is 1.00 bits per heavy atom. The standard InChI is InChI=1S/C25H20N2O6S/c1-14-20(25(30)32-3)21(23-26-17-6-4-5-7-18(17)34-23)22(33-14)27-19(28)13-10-15-8-11-16(12-9-15)24(29)31-2/h4-13H,1-3H3,(H,27,28)/b13-10+. The van der Waals surface area contributed by atoms with Gasteiger partial charge in [-0.3, -0.25) is 10.1 Å². The molecule has 2 heterocycles. The topological polar surface area (TPSA) is 108 Å². The second kappa shape index (κ2) is 9.72. The Hall–Kier alpha value is -4.24. The summed E-state index contributed by atoms with van der Waals surface area (Å²) in [6, 6.07) is 14.2. The molecule has 0 unspecified atom stereocenters. The predicted octanol–water partition coefficient (Wildman–Crippen LogP) is 5.09. The molecule has 0 bridgehead atoms. The van der Waals surface area contributed by atoms with Gasteiger partial charge in [0.25, 0.3) is 5.91 Å². The molecule has 9 heteroatoms. The van der Waals surface area contributed by atoms with Crippen LogP contribution in [0, 0.1) is 6.92 Å². The number of rotatable bonds is 6. The summed E-state index contributed by atoms with van der Waals surface area (Å²) in [6.45, 7) is 1.62. The van der Waals surface area contributed by atoms with E-state index < -0.39 is 17.8 Å². The van der Waals surface area contributed by atoms with Crippen LogP contribution in [0.25, 0.3) is 26.9 Å². The van der Waals surface area contributed by atoms with Gasteiger partial charge in [-0.2, -0.15) is 0 Å². The molecule has 0 aliphatic carbocycles. The average Bonchev–Trinajstić information content (AvgIpc) is 3.42. The van der Waals surface area contributed by atoms with Gasteiger partial charge < -0.3 is 13.9 Å². The van der Waals surface area contributed by atoms with Gasteiger partial charge in [0.15, 0.2) is 0 Å². The zero-order valence-electron chi connectivity index (χ0n) is 18.6. The zero-order chi connectivity index (χ0) is 24.2. The first kappa shape index (κ1) is 22.9. The number of aryl methyl sites for hydroxylation is 1. The first-order valence-electron chi connectivity index (χ1n) is 10.2. The summed E-state index contributed by atoms with van der Waals surface area (Å²) < 4.78 is 16.3. The van der Waals surface area contributed by atoms with Crippen LogP contribution in [0.3, 0.4) is 0 Å². The smallest absolute Gasteiger partial charge is 0.342 e. The highest BCUT2D eigenvalue weighted by molar-refractivity contribution is 7.21. The van der Waals surface area contributed by atoms with Gasteiger partial charge in [-0.05, 0) is 42.8 Å². The summed E-state index contributed by atoms with van der Waals surface area (Å²) in [7, 11) is 2.59. The number of furan rings is 1. The number of para-hydroxylation sites is 1. The van der Waals surface area contributed by atoms with Gasteiger partial charge in [0, 0.05) is 6.08 Å². The van der Waals surface area contributed by atoms with E-state index in [9.17, 15) is 14.4 Å². The number of ether oxygens (including phenoxy) is 2. The molecular formula is C25H20N2O6S. The van der Waals surface area contributed by atoms with Crippen molar-refractivity contribution in [2.24, 2.45) is 0 Å².